The van der Waals surface area contributed by atoms with Gasteiger partial charge >= 0.3 is 0 Å². The monoisotopic (exact) mass is 232 g/mol. The molecule has 0 aliphatic carbocycles. The summed E-state index contributed by atoms with van der Waals surface area (Å²) in [4.78, 5) is 12.8. The molecule has 2 unspecified atom stereocenters. The number of carbonyl (C=O) groups is 1. The minimum absolute atomic E-state index is 0.164. The average Bonchev–Trinajstić information content (AvgIpc) is 2.23. The molecule has 2 N–H and O–H groups in total. The summed E-state index contributed by atoms with van der Waals surface area (Å²) in [6.45, 7) is 9.42. The van der Waals surface area contributed by atoms with E-state index in [9.17, 15) is 9.18 Å². The maximum Gasteiger partial charge on any atom is 0.217 e. The van der Waals surface area contributed by atoms with Gasteiger partial charge in [-0.1, -0.05) is 13.8 Å². The lowest BCUT2D eigenvalue weighted by molar-refractivity contribution is -0.120. The van der Waals surface area contributed by atoms with Crippen molar-refractivity contribution in [3.63, 3.8) is 0 Å². The summed E-state index contributed by atoms with van der Waals surface area (Å²) in [6.07, 6.45) is 0.0220. The van der Waals surface area contributed by atoms with Gasteiger partial charge in [-0.05, 0) is 26.8 Å². The first-order valence-corrected chi connectivity index (χ1v) is 6.17. The second kappa shape index (κ2) is 7.60. The van der Waals surface area contributed by atoms with E-state index in [1.807, 2.05) is 13.8 Å². The summed E-state index contributed by atoms with van der Waals surface area (Å²) in [5.41, 5.74) is 5.06. The van der Waals surface area contributed by atoms with Crippen molar-refractivity contribution in [2.45, 2.75) is 52.8 Å². The van der Waals surface area contributed by atoms with Crippen LogP contribution in [0, 0.1) is 5.92 Å². The Hall–Kier alpha value is -0.640. The SMILES string of the molecule is CC.CC(C)N1CCC(CC(N)=O)C(F)C1. The van der Waals surface area contributed by atoms with Gasteiger partial charge in [-0.3, -0.25) is 9.69 Å². The third-order valence-electron chi connectivity index (χ3n) is 2.90. The van der Waals surface area contributed by atoms with Gasteiger partial charge in [0.2, 0.25) is 5.91 Å². The van der Waals surface area contributed by atoms with Gasteiger partial charge in [0.15, 0.2) is 0 Å². The predicted molar refractivity (Wildman–Crippen MR) is 64.9 cm³/mol. The van der Waals surface area contributed by atoms with Crippen LogP contribution in [0.25, 0.3) is 0 Å². The van der Waals surface area contributed by atoms with E-state index in [0.29, 0.717) is 12.6 Å². The highest BCUT2D eigenvalue weighted by atomic mass is 19.1. The molecule has 0 spiro atoms. The van der Waals surface area contributed by atoms with Gasteiger partial charge in [-0.2, -0.15) is 0 Å². The van der Waals surface area contributed by atoms with E-state index in [1.54, 1.807) is 0 Å². The van der Waals surface area contributed by atoms with E-state index in [4.69, 9.17) is 5.73 Å². The smallest absolute Gasteiger partial charge is 0.217 e. The number of alkyl halides is 1. The summed E-state index contributed by atoms with van der Waals surface area (Å²) < 4.78 is 13.6. The quantitative estimate of drug-likeness (QED) is 0.808. The number of carbonyl (C=O) groups excluding carboxylic acids is 1. The summed E-state index contributed by atoms with van der Waals surface area (Å²) >= 11 is 0. The van der Waals surface area contributed by atoms with Crippen LogP contribution in [0.1, 0.15) is 40.5 Å². The fourth-order valence-electron chi connectivity index (χ4n) is 1.93. The predicted octanol–water partition coefficient (Wildman–Crippen LogP) is 1.96. The number of nitrogens with two attached hydrogens (primary N) is 1. The van der Waals surface area contributed by atoms with Gasteiger partial charge in [0.25, 0.3) is 0 Å². The highest BCUT2D eigenvalue weighted by molar-refractivity contribution is 5.74. The molecule has 96 valence electrons. The highest BCUT2D eigenvalue weighted by Gasteiger charge is 2.30. The van der Waals surface area contributed by atoms with Crippen molar-refractivity contribution in [3.8, 4) is 0 Å². The Morgan fingerprint density at radius 1 is 1.50 bits per heavy atom. The fraction of sp³-hybridized carbons (Fsp3) is 0.917. The third-order valence-corrected chi connectivity index (χ3v) is 2.90. The van der Waals surface area contributed by atoms with Gasteiger partial charge in [-0.15, -0.1) is 0 Å². The highest BCUT2D eigenvalue weighted by Crippen LogP contribution is 2.24. The van der Waals surface area contributed by atoms with E-state index in [1.165, 1.54) is 0 Å². The van der Waals surface area contributed by atoms with E-state index < -0.39 is 12.1 Å². The molecule has 16 heavy (non-hydrogen) atoms. The molecule has 1 saturated heterocycles. The first-order valence-electron chi connectivity index (χ1n) is 6.17. The molecule has 0 radical (unpaired) electrons. The normalized spacial score (nSPS) is 26.1. The number of amides is 1. The Bertz CT molecular complexity index is 209. The number of halogens is 1. The van der Waals surface area contributed by atoms with E-state index in [-0.39, 0.29) is 12.3 Å². The summed E-state index contributed by atoms with van der Waals surface area (Å²) in [7, 11) is 0. The standard InChI is InChI=1S/C10H19FN2O.C2H6/c1-7(2)13-4-3-8(5-10(12)14)9(11)6-13;1-2/h7-9H,3-6H2,1-2H3,(H2,12,14);1-2H3. The molecule has 1 aliphatic rings. The summed E-state index contributed by atoms with van der Waals surface area (Å²) in [5, 5.41) is 0. The van der Waals surface area contributed by atoms with Crippen molar-refractivity contribution in [2.75, 3.05) is 13.1 Å². The van der Waals surface area contributed by atoms with Crippen LogP contribution in [0.5, 0.6) is 0 Å². The molecular weight excluding hydrogens is 207 g/mol. The Kier molecular flexibility index (Phi) is 7.30. The lowest BCUT2D eigenvalue weighted by atomic mass is 9.91. The molecule has 0 bridgehead atoms. The number of hydrogen-bond donors (Lipinski definition) is 1. The van der Waals surface area contributed by atoms with Gasteiger partial charge in [0, 0.05) is 24.9 Å². The number of rotatable bonds is 3. The molecule has 0 saturated carbocycles. The van der Waals surface area contributed by atoms with Crippen LogP contribution in [0.3, 0.4) is 0 Å². The van der Waals surface area contributed by atoms with E-state index in [0.717, 1.165) is 13.0 Å². The topological polar surface area (TPSA) is 46.3 Å². The number of primary amides is 1. The largest absolute Gasteiger partial charge is 0.370 e. The third kappa shape index (κ3) is 4.92. The van der Waals surface area contributed by atoms with Gasteiger partial charge in [-0.25, -0.2) is 4.39 Å². The summed E-state index contributed by atoms with van der Waals surface area (Å²) in [6, 6.07) is 0.378. The van der Waals surface area contributed by atoms with Crippen LogP contribution < -0.4 is 5.73 Å². The molecule has 3 nitrogen and oxygen atoms in total. The van der Waals surface area contributed by atoms with Crippen molar-refractivity contribution in [3.05, 3.63) is 0 Å². The first kappa shape index (κ1) is 15.4. The Morgan fingerprint density at radius 3 is 2.44 bits per heavy atom. The maximum atomic E-state index is 13.6. The van der Waals surface area contributed by atoms with E-state index >= 15 is 0 Å². The molecule has 0 aromatic heterocycles. The van der Waals surface area contributed by atoms with Crippen LogP contribution in [0.15, 0.2) is 0 Å². The molecule has 1 heterocycles. The molecular formula is C12H25FN2O. The number of likely N-dealkylation sites (tertiary alicyclic amines) is 1. The van der Waals surface area contributed by atoms with Gasteiger partial charge in [0.1, 0.15) is 6.17 Å². The van der Waals surface area contributed by atoms with Crippen LogP contribution in [-0.2, 0) is 4.79 Å². The lowest BCUT2D eigenvalue weighted by Crippen LogP contribution is -2.45. The van der Waals surface area contributed by atoms with Crippen molar-refractivity contribution in [1.82, 2.24) is 4.90 Å². The fourth-order valence-corrected chi connectivity index (χ4v) is 1.93. The molecule has 1 fully saturated rings. The van der Waals surface area contributed by atoms with E-state index in [2.05, 4.69) is 18.7 Å². The first-order chi connectivity index (χ1) is 7.50. The Labute approximate surface area is 98.2 Å². The van der Waals surface area contributed by atoms with Crippen LogP contribution >= 0.6 is 0 Å². The lowest BCUT2D eigenvalue weighted by Gasteiger charge is -2.36. The van der Waals surface area contributed by atoms with Crippen molar-refractivity contribution in [2.24, 2.45) is 11.7 Å². The summed E-state index contributed by atoms with van der Waals surface area (Å²) in [5.74, 6) is -0.557. The Balaban J connectivity index is 0.00000106. The zero-order valence-electron chi connectivity index (χ0n) is 10.9. The average molecular weight is 232 g/mol. The minimum atomic E-state index is -0.904. The van der Waals surface area contributed by atoms with Crippen molar-refractivity contribution >= 4 is 5.91 Å². The van der Waals surface area contributed by atoms with Crippen LogP contribution in [0.4, 0.5) is 4.39 Å². The van der Waals surface area contributed by atoms with Crippen LogP contribution in [0.2, 0.25) is 0 Å². The molecule has 1 aliphatic heterocycles. The number of hydrogen-bond acceptors (Lipinski definition) is 2. The number of piperidine rings is 1. The zero-order valence-corrected chi connectivity index (χ0v) is 10.9. The molecule has 4 heteroatoms. The minimum Gasteiger partial charge on any atom is -0.370 e. The Morgan fingerprint density at radius 2 is 2.06 bits per heavy atom. The second-order valence-electron chi connectivity index (χ2n) is 4.32. The van der Waals surface area contributed by atoms with Crippen LogP contribution in [-0.4, -0.2) is 36.1 Å². The molecule has 0 aromatic carbocycles. The van der Waals surface area contributed by atoms with Crippen molar-refractivity contribution in [1.29, 1.82) is 0 Å². The zero-order chi connectivity index (χ0) is 12.7. The molecule has 0 aromatic rings. The van der Waals surface area contributed by atoms with Crippen molar-refractivity contribution < 1.29 is 9.18 Å². The number of nitrogens with zero attached hydrogens (tertiary/aromatic N) is 1. The van der Waals surface area contributed by atoms with Gasteiger partial charge < -0.3 is 5.73 Å². The molecule has 1 amide bonds. The molecule has 1 rings (SSSR count). The molecule has 2 atom stereocenters. The second-order valence-corrected chi connectivity index (χ2v) is 4.32. The maximum absolute atomic E-state index is 13.6. The van der Waals surface area contributed by atoms with Gasteiger partial charge in [0.05, 0.1) is 0 Å².